The van der Waals surface area contributed by atoms with E-state index in [-0.39, 0.29) is 0 Å². The van der Waals surface area contributed by atoms with E-state index in [1.54, 1.807) is 24.4 Å². The summed E-state index contributed by atoms with van der Waals surface area (Å²) < 4.78 is 29.5. The molecule has 7 heteroatoms. The average molecular weight is 364 g/mol. The molecule has 2 heterocycles. The molecule has 1 amide bonds. The van der Waals surface area contributed by atoms with E-state index in [0.717, 1.165) is 23.4 Å². The van der Waals surface area contributed by atoms with Crippen LogP contribution < -0.4 is 5.32 Å². The molecule has 0 fully saturated rings. The standard InChI is InChI=1S/C20H14F2N4O/c1-12-18(25-20-23-9-4-10-26(12)20)13-5-2-6-14(11-13)24-19(27)17-15(21)7-3-8-16(17)22/h2-11H,1H3,(H,24,27). The van der Waals surface area contributed by atoms with Gasteiger partial charge in [-0.1, -0.05) is 18.2 Å². The number of rotatable bonds is 3. The molecule has 0 aliphatic carbocycles. The van der Waals surface area contributed by atoms with Gasteiger partial charge in [0.15, 0.2) is 0 Å². The second kappa shape index (κ2) is 6.60. The van der Waals surface area contributed by atoms with Gasteiger partial charge in [-0.25, -0.2) is 18.7 Å². The Kier molecular flexibility index (Phi) is 4.12. The first kappa shape index (κ1) is 16.8. The zero-order valence-corrected chi connectivity index (χ0v) is 14.3. The van der Waals surface area contributed by atoms with Crippen LogP contribution in [0.15, 0.2) is 60.9 Å². The van der Waals surface area contributed by atoms with Crippen LogP contribution in [-0.2, 0) is 0 Å². The SMILES string of the molecule is Cc1c(-c2cccc(NC(=O)c3c(F)cccc3F)c2)nc2ncccn12. The van der Waals surface area contributed by atoms with Gasteiger partial charge >= 0.3 is 0 Å². The van der Waals surface area contributed by atoms with E-state index >= 15 is 0 Å². The number of aromatic nitrogens is 3. The molecule has 2 aromatic carbocycles. The predicted octanol–water partition coefficient (Wildman–Crippen LogP) is 4.24. The van der Waals surface area contributed by atoms with Crippen molar-refractivity contribution in [2.24, 2.45) is 0 Å². The van der Waals surface area contributed by atoms with Gasteiger partial charge in [0.05, 0.1) is 5.69 Å². The zero-order chi connectivity index (χ0) is 19.0. The molecule has 0 bridgehead atoms. The Hall–Kier alpha value is -3.61. The number of imidazole rings is 1. The lowest BCUT2D eigenvalue weighted by Crippen LogP contribution is -2.15. The number of aryl methyl sites for hydroxylation is 1. The lowest BCUT2D eigenvalue weighted by molar-refractivity contribution is 0.101. The van der Waals surface area contributed by atoms with E-state index in [1.165, 1.54) is 6.07 Å². The number of carbonyl (C=O) groups excluding carboxylic acids is 1. The Bertz CT molecular complexity index is 1150. The van der Waals surface area contributed by atoms with Crippen molar-refractivity contribution in [2.75, 3.05) is 5.32 Å². The van der Waals surface area contributed by atoms with Crippen LogP contribution in [0, 0.1) is 18.6 Å². The maximum Gasteiger partial charge on any atom is 0.261 e. The Morgan fingerprint density at radius 2 is 1.81 bits per heavy atom. The highest BCUT2D eigenvalue weighted by molar-refractivity contribution is 6.04. The number of hydrogen-bond acceptors (Lipinski definition) is 3. The van der Waals surface area contributed by atoms with Gasteiger partial charge in [0.25, 0.3) is 5.91 Å². The Labute approximate surface area is 153 Å². The molecule has 27 heavy (non-hydrogen) atoms. The van der Waals surface area contributed by atoms with Crippen LogP contribution in [0.4, 0.5) is 14.5 Å². The third-order valence-corrected chi connectivity index (χ3v) is 4.23. The summed E-state index contributed by atoms with van der Waals surface area (Å²) in [6, 6.07) is 12.0. The minimum absolute atomic E-state index is 0.407. The van der Waals surface area contributed by atoms with Crippen LogP contribution >= 0.6 is 0 Å². The summed E-state index contributed by atoms with van der Waals surface area (Å²) in [6.45, 7) is 1.91. The Balaban J connectivity index is 1.68. The highest BCUT2D eigenvalue weighted by Gasteiger charge is 2.18. The predicted molar refractivity (Wildman–Crippen MR) is 97.5 cm³/mol. The van der Waals surface area contributed by atoms with Crippen LogP contribution in [0.25, 0.3) is 17.0 Å². The molecule has 5 nitrogen and oxygen atoms in total. The summed E-state index contributed by atoms with van der Waals surface area (Å²) >= 11 is 0. The number of fused-ring (bicyclic) bond motifs is 1. The van der Waals surface area contributed by atoms with Gasteiger partial charge in [0.2, 0.25) is 5.78 Å². The Morgan fingerprint density at radius 3 is 2.56 bits per heavy atom. The van der Waals surface area contributed by atoms with Crippen molar-refractivity contribution in [1.82, 2.24) is 14.4 Å². The van der Waals surface area contributed by atoms with Gasteiger partial charge in [-0.2, -0.15) is 0 Å². The fraction of sp³-hybridized carbons (Fsp3) is 0.0500. The van der Waals surface area contributed by atoms with Gasteiger partial charge < -0.3 is 5.32 Å². The van der Waals surface area contributed by atoms with Crippen molar-refractivity contribution in [2.45, 2.75) is 6.92 Å². The van der Waals surface area contributed by atoms with Gasteiger partial charge in [-0.05, 0) is 37.3 Å². The molecule has 0 saturated heterocycles. The van der Waals surface area contributed by atoms with Crippen LogP contribution in [0.1, 0.15) is 16.1 Å². The topological polar surface area (TPSA) is 59.3 Å². The third-order valence-electron chi connectivity index (χ3n) is 4.23. The minimum Gasteiger partial charge on any atom is -0.322 e. The highest BCUT2D eigenvalue weighted by atomic mass is 19.1. The number of anilines is 1. The third kappa shape index (κ3) is 3.03. The molecule has 0 aliphatic heterocycles. The molecule has 4 aromatic rings. The molecule has 134 valence electrons. The molecule has 0 saturated carbocycles. The number of hydrogen-bond donors (Lipinski definition) is 1. The first-order valence-corrected chi connectivity index (χ1v) is 8.20. The van der Waals surface area contributed by atoms with Crippen LogP contribution in [0.2, 0.25) is 0 Å². The average Bonchev–Trinajstić information content (AvgIpc) is 2.99. The number of halogens is 2. The molecule has 0 unspecified atom stereocenters. The van der Waals surface area contributed by atoms with Gasteiger partial charge in [-0.3, -0.25) is 9.20 Å². The molecule has 0 spiro atoms. The van der Waals surface area contributed by atoms with Gasteiger partial charge in [0.1, 0.15) is 17.2 Å². The Morgan fingerprint density at radius 1 is 1.07 bits per heavy atom. The van der Waals surface area contributed by atoms with Crippen molar-refractivity contribution in [3.63, 3.8) is 0 Å². The highest BCUT2D eigenvalue weighted by Crippen LogP contribution is 2.26. The van der Waals surface area contributed by atoms with Crippen LogP contribution in [0.5, 0.6) is 0 Å². The minimum atomic E-state index is -0.911. The second-order valence-corrected chi connectivity index (χ2v) is 5.97. The normalized spacial score (nSPS) is 10.9. The van der Waals surface area contributed by atoms with Crippen LogP contribution in [-0.4, -0.2) is 20.3 Å². The van der Waals surface area contributed by atoms with E-state index in [4.69, 9.17) is 0 Å². The van der Waals surface area contributed by atoms with Crippen LogP contribution in [0.3, 0.4) is 0 Å². The first-order valence-electron chi connectivity index (χ1n) is 8.20. The summed E-state index contributed by atoms with van der Waals surface area (Å²) in [4.78, 5) is 21.0. The lowest BCUT2D eigenvalue weighted by atomic mass is 10.1. The molecule has 4 rings (SSSR count). The van der Waals surface area contributed by atoms with Crippen molar-refractivity contribution < 1.29 is 13.6 Å². The van der Waals surface area contributed by atoms with E-state index < -0.39 is 23.1 Å². The van der Waals surface area contributed by atoms with Crippen molar-refractivity contribution in [3.8, 4) is 11.3 Å². The molecular formula is C20H14F2N4O. The van der Waals surface area contributed by atoms with E-state index in [0.29, 0.717) is 17.2 Å². The number of nitrogens with zero attached hydrogens (tertiary/aromatic N) is 3. The summed E-state index contributed by atoms with van der Waals surface area (Å²) in [5, 5.41) is 2.53. The van der Waals surface area contributed by atoms with E-state index in [9.17, 15) is 13.6 Å². The van der Waals surface area contributed by atoms with E-state index in [2.05, 4.69) is 15.3 Å². The molecule has 0 aliphatic rings. The summed E-state index contributed by atoms with van der Waals surface area (Å²) in [7, 11) is 0. The molecular weight excluding hydrogens is 350 g/mol. The number of nitrogens with one attached hydrogen (secondary N) is 1. The molecule has 0 atom stereocenters. The monoisotopic (exact) mass is 364 g/mol. The molecule has 1 N–H and O–H groups in total. The van der Waals surface area contributed by atoms with Crippen molar-refractivity contribution in [3.05, 3.63) is 83.8 Å². The molecule has 2 aromatic heterocycles. The summed E-state index contributed by atoms with van der Waals surface area (Å²) in [6.07, 6.45) is 3.52. The van der Waals surface area contributed by atoms with Crippen molar-refractivity contribution in [1.29, 1.82) is 0 Å². The summed E-state index contributed by atoms with van der Waals surface area (Å²) in [5.74, 6) is -2.11. The number of carbonyl (C=O) groups is 1. The largest absolute Gasteiger partial charge is 0.322 e. The quantitative estimate of drug-likeness (QED) is 0.592. The maximum absolute atomic E-state index is 13.8. The number of amides is 1. The number of benzene rings is 2. The fourth-order valence-corrected chi connectivity index (χ4v) is 2.93. The smallest absolute Gasteiger partial charge is 0.261 e. The van der Waals surface area contributed by atoms with Gasteiger partial charge in [0, 0.05) is 29.3 Å². The van der Waals surface area contributed by atoms with Crippen molar-refractivity contribution >= 4 is 17.4 Å². The summed E-state index contributed by atoms with van der Waals surface area (Å²) in [5.41, 5.74) is 2.15. The first-order chi connectivity index (χ1) is 13.0. The van der Waals surface area contributed by atoms with Gasteiger partial charge in [-0.15, -0.1) is 0 Å². The fourth-order valence-electron chi connectivity index (χ4n) is 2.93. The zero-order valence-electron chi connectivity index (χ0n) is 14.3. The maximum atomic E-state index is 13.8. The van der Waals surface area contributed by atoms with E-state index in [1.807, 2.05) is 29.7 Å². The second-order valence-electron chi connectivity index (χ2n) is 5.97. The lowest BCUT2D eigenvalue weighted by Gasteiger charge is -2.08. The molecule has 0 radical (unpaired) electrons.